The second-order valence-electron chi connectivity index (χ2n) is 35.2. The number of nitrogen functional groups attached to an aromatic ring is 4. The highest BCUT2D eigenvalue weighted by Crippen LogP contribution is 2.41. The zero-order valence-electron chi connectivity index (χ0n) is 77.9. The number of aliphatic hydroxyl groups excluding tert-OH is 5. The summed E-state index contributed by atoms with van der Waals surface area (Å²) in [4.78, 5) is 89.2. The van der Waals surface area contributed by atoms with E-state index in [4.69, 9.17) is 39.3 Å². The Balaban J connectivity index is 0.000000157. The molecule has 4 aliphatic rings. The first kappa shape index (κ1) is 105. The lowest BCUT2D eigenvalue weighted by Gasteiger charge is -2.25. The van der Waals surface area contributed by atoms with E-state index in [9.17, 15) is 49.1 Å². The van der Waals surface area contributed by atoms with Crippen LogP contribution in [0.25, 0.3) is 45.0 Å². The van der Waals surface area contributed by atoms with E-state index in [1.807, 2.05) is 87.0 Å². The lowest BCUT2D eigenvalue weighted by atomic mass is 9.85. The van der Waals surface area contributed by atoms with E-state index in [1.54, 1.807) is 90.8 Å². The SMILES string of the molecule is CCC[C@@H](NC(=O)c1ccc(-c2nc(C3CCCC(O)C3)cnc2N)cc1F)c1cccc(Cl)c1.CCC[C@@H](NC(=O)c1ccc(-c2nc([C@@H]3CCC[C@H](O)C3)cnc2N)cc1F)c1cc(F)cc(Br)c1.CSc1cccc([C@@H](CO)NC(=O)c2ccc(-c3nc(C4CCC(O)CC4)cnc3N)cc2F)c1.CSc1cccc([C@@H](CO)NC(=O)c2ccc(-c3nc(C4CCOCC4)cnc3N)cc2F)c1. The number of carbonyl (C=O) groups excluding carboxylic acids is 4. The smallest absolute Gasteiger partial charge is 0.254 e. The minimum absolute atomic E-state index is 0.0602. The number of ether oxygens (including phenoxy) is 1. The first-order chi connectivity index (χ1) is 67.5. The number of nitrogens with zero attached hydrogens (tertiary/aromatic N) is 8. The van der Waals surface area contributed by atoms with Crippen LogP contribution >= 0.6 is 51.1 Å². The number of nitrogens with one attached hydrogen (secondary N) is 4. The van der Waals surface area contributed by atoms with Crippen molar-refractivity contribution < 1.29 is 71.4 Å². The number of amides is 4. The summed E-state index contributed by atoms with van der Waals surface area (Å²) in [7, 11) is 0. The van der Waals surface area contributed by atoms with E-state index in [0.29, 0.717) is 118 Å². The molecule has 0 radical (unpaired) electrons. The topological polar surface area (TPSA) is 434 Å². The molecule has 3 saturated carbocycles. The van der Waals surface area contributed by atoms with Crippen LogP contribution in [0.15, 0.2) is 203 Å². The second-order valence-corrected chi connectivity index (χ2v) is 38.3. The molecule has 35 heteroatoms. The lowest BCUT2D eigenvalue weighted by molar-refractivity contribution is 0.0844. The number of anilines is 4. The molecule has 0 spiro atoms. The molecule has 4 aromatic heterocycles. The molecule has 2 unspecified atom stereocenters. The van der Waals surface area contributed by atoms with Crippen LogP contribution in [0.3, 0.4) is 0 Å². The molecule has 16 rings (SSSR count). The minimum Gasteiger partial charge on any atom is -0.394 e. The molecule has 736 valence electrons. The van der Waals surface area contributed by atoms with Crippen LogP contribution < -0.4 is 44.2 Å². The molecule has 0 bridgehead atoms. The van der Waals surface area contributed by atoms with Crippen LogP contribution in [-0.2, 0) is 4.74 Å². The molecule has 1 saturated heterocycles. The fourth-order valence-electron chi connectivity index (χ4n) is 17.8. The molecule has 12 aromatic rings. The van der Waals surface area contributed by atoms with Crippen LogP contribution in [0.4, 0.5) is 45.2 Å². The third-order valence-electron chi connectivity index (χ3n) is 25.4. The summed E-state index contributed by atoms with van der Waals surface area (Å²) >= 11 is 12.5. The van der Waals surface area contributed by atoms with Gasteiger partial charge in [-0.2, -0.15) is 0 Å². The quantitative estimate of drug-likeness (QED) is 0.0160. The van der Waals surface area contributed by atoms with Crippen LogP contribution in [0.5, 0.6) is 0 Å². The van der Waals surface area contributed by atoms with Crippen LogP contribution in [0.1, 0.15) is 264 Å². The van der Waals surface area contributed by atoms with Gasteiger partial charge in [-0.15, -0.1) is 23.5 Å². The van der Waals surface area contributed by atoms with Crippen LogP contribution in [-0.4, -0.2) is 146 Å². The van der Waals surface area contributed by atoms with Gasteiger partial charge >= 0.3 is 0 Å². The second kappa shape index (κ2) is 50.4. The summed E-state index contributed by atoms with van der Waals surface area (Å²) in [5.41, 5.74) is 32.9. The number of carbonyl (C=O) groups is 4. The fourth-order valence-corrected chi connectivity index (χ4v) is 19.4. The summed E-state index contributed by atoms with van der Waals surface area (Å²) in [6.07, 6.45) is 23.4. The van der Waals surface area contributed by atoms with Crippen LogP contribution in [0.2, 0.25) is 5.02 Å². The molecule has 8 atom stereocenters. The van der Waals surface area contributed by atoms with Crippen molar-refractivity contribution in [1.29, 1.82) is 0 Å². The van der Waals surface area contributed by atoms with Gasteiger partial charge in [0.25, 0.3) is 23.6 Å². The van der Waals surface area contributed by atoms with E-state index in [-0.39, 0.29) is 107 Å². The molecule has 8 aromatic carbocycles. The van der Waals surface area contributed by atoms with Gasteiger partial charge in [-0.25, -0.2) is 61.8 Å². The van der Waals surface area contributed by atoms with E-state index in [2.05, 4.69) is 77.1 Å². The third kappa shape index (κ3) is 27.8. The highest BCUT2D eigenvalue weighted by molar-refractivity contribution is 9.10. The van der Waals surface area contributed by atoms with E-state index in [0.717, 1.165) is 121 Å². The number of hydrogen-bond acceptors (Lipinski definition) is 24. The highest BCUT2D eigenvalue weighted by Gasteiger charge is 2.32. The van der Waals surface area contributed by atoms with Gasteiger partial charge < -0.3 is 74.5 Å². The van der Waals surface area contributed by atoms with Crippen molar-refractivity contribution in [1.82, 2.24) is 61.1 Å². The summed E-state index contributed by atoms with van der Waals surface area (Å²) < 4.78 is 80.2. The standard InChI is InChI=1S/C27H29BrF2N4O2.C27H30ClFN4O2.C26H29FN4O3S.C25H27FN4O3S/c1-2-4-23(17-9-18(28)13-19(29)10-17)34-27(36)21-8-7-16(12-22(21)30)25-26(31)32-14-24(33-25)15-5-3-6-20(35)11-15;1-2-5-23(16-6-3-8-19(28)12-16)33-27(35)21-11-10-18(14-22(21)29)25-26(30)31-15-24(32-25)17-7-4-9-20(34)13-17;1-35-19-4-2-3-16(11-19)23(14-32)31-26(34)20-10-7-17(12-21(20)27)24-25(28)29-13-22(30-24)15-5-8-18(33)9-6-15;1-34-18-4-2-3-16(11-18)22(14-31)30-25(32)19-6-5-17(12-20(19)26)23-24(27)28-13-21(29-23)15-7-9-33-10-8-15/h7-10,12-15,20,23,35H,2-6,11H2,1H3,(H2,31,32)(H,34,36);3,6,8,10-12,14-15,17,20,23,34H,2,4-5,7,9,13H2,1H3,(H2,30,31)(H,33,35);2-4,7,10-13,15,18,23,32-33H,5-6,8-9,14H2,1H3,(H2,28,29)(H,31,34);2-6,11-13,15,22,31H,7-10,14H2,1H3,(H2,27,28)(H,30,32)/t15-,20+,23-;17?,20?,23-;15?,18?,23-;22-/m1111/s1. The van der Waals surface area contributed by atoms with Gasteiger partial charge in [0.1, 0.15) is 75.1 Å². The van der Waals surface area contributed by atoms with Gasteiger partial charge in [0, 0.05) is 78.4 Å². The molecule has 26 nitrogen and oxygen atoms in total. The van der Waals surface area contributed by atoms with Crippen molar-refractivity contribution in [3.63, 3.8) is 0 Å². The predicted octanol–water partition coefficient (Wildman–Crippen LogP) is 19.9. The Morgan fingerprint density at radius 1 is 0.414 bits per heavy atom. The van der Waals surface area contributed by atoms with Crippen molar-refractivity contribution in [3.8, 4) is 45.0 Å². The average molecular weight is 2040 g/mol. The van der Waals surface area contributed by atoms with Crippen molar-refractivity contribution in [2.75, 3.05) is 61.9 Å². The molecule has 3 aliphatic carbocycles. The van der Waals surface area contributed by atoms with Crippen molar-refractivity contribution in [3.05, 3.63) is 294 Å². The van der Waals surface area contributed by atoms with Crippen LogP contribution in [0, 0.1) is 29.1 Å². The maximum atomic E-state index is 15.1. The molecule has 17 N–H and O–H groups in total. The Bertz CT molecular complexity index is 6320. The monoisotopic (exact) mass is 2030 g/mol. The summed E-state index contributed by atoms with van der Waals surface area (Å²) in [6, 6.07) is 41.6. The van der Waals surface area contributed by atoms with E-state index < -0.39 is 70.8 Å². The number of aromatic nitrogens is 8. The molecule has 140 heavy (non-hydrogen) atoms. The maximum absolute atomic E-state index is 15.1. The summed E-state index contributed by atoms with van der Waals surface area (Å²) in [5, 5.41) is 61.2. The number of aliphatic hydroxyl groups is 5. The van der Waals surface area contributed by atoms with E-state index >= 15 is 17.6 Å². The number of halogens is 7. The maximum Gasteiger partial charge on any atom is 0.254 e. The zero-order chi connectivity index (χ0) is 99.8. The molecular weight excluding hydrogens is 1920 g/mol. The fraction of sp³-hybridized carbons (Fsp3) is 0.352. The Hall–Kier alpha value is -12.0. The van der Waals surface area contributed by atoms with E-state index in [1.165, 1.54) is 60.7 Å². The van der Waals surface area contributed by atoms with Gasteiger partial charge in [0.2, 0.25) is 0 Å². The largest absolute Gasteiger partial charge is 0.394 e. The number of benzene rings is 8. The highest BCUT2D eigenvalue weighted by atomic mass is 79.9. The number of thioether (sulfide) groups is 2. The average Bonchev–Trinajstić information content (AvgIpc) is 0.806. The van der Waals surface area contributed by atoms with Crippen molar-refractivity contribution in [2.45, 2.75) is 205 Å². The normalized spacial score (nSPS) is 17.8. The van der Waals surface area contributed by atoms with Gasteiger partial charge in [0.15, 0.2) is 0 Å². The van der Waals surface area contributed by atoms with Crippen molar-refractivity contribution in [2.24, 2.45) is 0 Å². The third-order valence-corrected chi connectivity index (χ3v) is 27.5. The number of rotatable bonds is 28. The zero-order valence-corrected chi connectivity index (χ0v) is 81.9. The molecule has 4 amide bonds. The molecule has 1 aliphatic heterocycles. The van der Waals surface area contributed by atoms with Crippen molar-refractivity contribution >= 4 is 98.0 Å². The first-order valence-corrected chi connectivity index (χ1v) is 50.4. The molecule has 5 heterocycles. The molecule has 4 fully saturated rings. The summed E-state index contributed by atoms with van der Waals surface area (Å²) in [6.45, 7) is 4.68. The van der Waals surface area contributed by atoms with Gasteiger partial charge in [-0.1, -0.05) is 128 Å². The van der Waals surface area contributed by atoms with Gasteiger partial charge in [-0.3, -0.25) is 19.2 Å². The minimum atomic E-state index is -0.722. The Labute approximate surface area is 831 Å². The van der Waals surface area contributed by atoms with Gasteiger partial charge in [0.05, 0.1) is 126 Å². The predicted molar refractivity (Wildman–Crippen MR) is 539 cm³/mol. The van der Waals surface area contributed by atoms with Gasteiger partial charge in [-0.05, 0) is 228 Å². The summed E-state index contributed by atoms with van der Waals surface area (Å²) in [5.74, 6) is -4.33. The lowest BCUT2D eigenvalue weighted by Crippen LogP contribution is -2.31. The first-order valence-electron chi connectivity index (χ1n) is 46.7. The Morgan fingerprint density at radius 2 is 0.757 bits per heavy atom. The Kier molecular flexibility index (Phi) is 38.0. The number of nitrogens with two attached hydrogens (primary N) is 4. The number of hydrogen-bond donors (Lipinski definition) is 13. The molecular formula is C105H115BrClF5N16O10S2. The Morgan fingerprint density at radius 3 is 1.09 bits per heavy atom.